The molecule has 5 heteroatoms. The van der Waals surface area contributed by atoms with Crippen LogP contribution in [0.1, 0.15) is 28.3 Å². The number of fused-ring (bicyclic) bond motifs is 1. The quantitative estimate of drug-likeness (QED) is 0.722. The van der Waals surface area contributed by atoms with Gasteiger partial charge in [0.25, 0.3) is 0 Å². The van der Waals surface area contributed by atoms with Gasteiger partial charge in [-0.1, -0.05) is 11.2 Å². The van der Waals surface area contributed by atoms with E-state index in [1.54, 1.807) is 0 Å². The molecule has 4 rings (SSSR count). The molecule has 0 amide bonds. The number of hydrogen-bond donors (Lipinski definition) is 0. The minimum atomic E-state index is 0.831. The third kappa shape index (κ3) is 2.46. The van der Waals surface area contributed by atoms with Crippen molar-refractivity contribution in [1.82, 2.24) is 15.1 Å². The molecule has 0 bridgehead atoms. The summed E-state index contributed by atoms with van der Waals surface area (Å²) in [6, 6.07) is 6.31. The van der Waals surface area contributed by atoms with Gasteiger partial charge >= 0.3 is 0 Å². The van der Waals surface area contributed by atoms with Crippen molar-refractivity contribution in [3.05, 3.63) is 58.9 Å². The zero-order valence-electron chi connectivity index (χ0n) is 14.2. The minimum Gasteiger partial charge on any atom is -0.361 e. The van der Waals surface area contributed by atoms with Gasteiger partial charge in [-0.05, 0) is 44.0 Å². The first-order valence-corrected chi connectivity index (χ1v) is 8.21. The fourth-order valence-corrected chi connectivity index (χ4v) is 3.45. The topological polar surface area (TPSA) is 55.1 Å². The van der Waals surface area contributed by atoms with Crippen LogP contribution in [0.5, 0.6) is 0 Å². The Morgan fingerprint density at radius 3 is 2.79 bits per heavy atom. The van der Waals surface area contributed by atoms with Crippen LogP contribution in [0, 0.1) is 20.8 Å². The standard InChI is InChI=1S/C19H20N4O/c1-12-5-4-7-20-19(12)23-8-6-17-16(11-23)9-15(10-21-17)18-13(2)22-24-14(18)3/h4-5,7,9-10H,6,8,11H2,1-3H3. The molecule has 0 saturated carbocycles. The highest BCUT2D eigenvalue weighted by Gasteiger charge is 2.21. The van der Waals surface area contributed by atoms with Crippen LogP contribution in [0.2, 0.25) is 0 Å². The summed E-state index contributed by atoms with van der Waals surface area (Å²) in [6.45, 7) is 7.80. The molecule has 122 valence electrons. The van der Waals surface area contributed by atoms with Crippen molar-refractivity contribution >= 4 is 5.82 Å². The largest absolute Gasteiger partial charge is 0.361 e. The van der Waals surface area contributed by atoms with Crippen molar-refractivity contribution in [2.24, 2.45) is 0 Å². The second-order valence-corrected chi connectivity index (χ2v) is 6.34. The molecule has 1 aliphatic rings. The maximum Gasteiger partial charge on any atom is 0.141 e. The van der Waals surface area contributed by atoms with Crippen LogP contribution in [0.4, 0.5) is 5.82 Å². The number of hydrogen-bond acceptors (Lipinski definition) is 5. The molecule has 4 heterocycles. The van der Waals surface area contributed by atoms with E-state index in [1.165, 1.54) is 16.8 Å². The van der Waals surface area contributed by atoms with Gasteiger partial charge in [0.2, 0.25) is 0 Å². The number of aryl methyl sites for hydroxylation is 3. The first kappa shape index (κ1) is 14.9. The molecule has 0 aromatic carbocycles. The lowest BCUT2D eigenvalue weighted by Gasteiger charge is -2.30. The van der Waals surface area contributed by atoms with Crippen molar-refractivity contribution in [1.29, 1.82) is 0 Å². The molecule has 0 spiro atoms. The molecular formula is C19H20N4O. The fourth-order valence-electron chi connectivity index (χ4n) is 3.45. The van der Waals surface area contributed by atoms with E-state index in [-0.39, 0.29) is 0 Å². The minimum absolute atomic E-state index is 0.831. The lowest BCUT2D eigenvalue weighted by atomic mass is 9.99. The van der Waals surface area contributed by atoms with E-state index in [2.05, 4.69) is 34.1 Å². The van der Waals surface area contributed by atoms with E-state index in [0.717, 1.165) is 47.9 Å². The Labute approximate surface area is 141 Å². The molecule has 1 aliphatic heterocycles. The molecule has 3 aromatic heterocycles. The highest BCUT2D eigenvalue weighted by atomic mass is 16.5. The van der Waals surface area contributed by atoms with Crippen LogP contribution in [0.15, 0.2) is 35.1 Å². The Morgan fingerprint density at radius 2 is 2.04 bits per heavy atom. The van der Waals surface area contributed by atoms with E-state index in [9.17, 15) is 0 Å². The molecule has 24 heavy (non-hydrogen) atoms. The van der Waals surface area contributed by atoms with Gasteiger partial charge in [0, 0.05) is 48.7 Å². The van der Waals surface area contributed by atoms with E-state index in [4.69, 9.17) is 9.51 Å². The molecule has 0 aliphatic carbocycles. The first-order chi connectivity index (χ1) is 11.6. The summed E-state index contributed by atoms with van der Waals surface area (Å²) in [5.41, 5.74) is 6.67. The third-order valence-electron chi connectivity index (χ3n) is 4.64. The first-order valence-electron chi connectivity index (χ1n) is 8.21. The van der Waals surface area contributed by atoms with Gasteiger partial charge in [0.15, 0.2) is 0 Å². The molecule has 0 atom stereocenters. The van der Waals surface area contributed by atoms with Crippen molar-refractivity contribution < 1.29 is 4.52 Å². The SMILES string of the molecule is Cc1cccnc1N1CCc2ncc(-c3c(C)noc3C)cc2C1. The second kappa shape index (κ2) is 5.74. The highest BCUT2D eigenvalue weighted by Crippen LogP contribution is 2.30. The van der Waals surface area contributed by atoms with E-state index >= 15 is 0 Å². The van der Waals surface area contributed by atoms with E-state index in [1.807, 2.05) is 32.3 Å². The second-order valence-electron chi connectivity index (χ2n) is 6.34. The summed E-state index contributed by atoms with van der Waals surface area (Å²) >= 11 is 0. The van der Waals surface area contributed by atoms with E-state index in [0.29, 0.717) is 0 Å². The van der Waals surface area contributed by atoms with Gasteiger partial charge in [0.1, 0.15) is 11.6 Å². The van der Waals surface area contributed by atoms with Crippen LogP contribution >= 0.6 is 0 Å². The Hall–Kier alpha value is -2.69. The van der Waals surface area contributed by atoms with Crippen LogP contribution < -0.4 is 4.90 Å². The number of rotatable bonds is 2. The Kier molecular flexibility index (Phi) is 3.56. The third-order valence-corrected chi connectivity index (χ3v) is 4.64. The smallest absolute Gasteiger partial charge is 0.141 e. The summed E-state index contributed by atoms with van der Waals surface area (Å²) in [7, 11) is 0. The maximum atomic E-state index is 5.30. The van der Waals surface area contributed by atoms with Crippen LogP contribution in [0.3, 0.4) is 0 Å². The normalized spacial score (nSPS) is 13.9. The van der Waals surface area contributed by atoms with Crippen LogP contribution in [0.25, 0.3) is 11.1 Å². The van der Waals surface area contributed by atoms with Crippen molar-refractivity contribution in [2.45, 2.75) is 33.7 Å². The number of aromatic nitrogens is 3. The number of pyridine rings is 2. The summed E-state index contributed by atoms with van der Waals surface area (Å²) in [5.74, 6) is 1.90. The lowest BCUT2D eigenvalue weighted by Crippen LogP contribution is -2.32. The molecule has 5 nitrogen and oxygen atoms in total. The molecule has 0 saturated heterocycles. The summed E-state index contributed by atoms with van der Waals surface area (Å²) in [6.07, 6.45) is 4.73. The van der Waals surface area contributed by atoms with Crippen molar-refractivity contribution in [3.63, 3.8) is 0 Å². The van der Waals surface area contributed by atoms with E-state index < -0.39 is 0 Å². The average Bonchev–Trinajstić information content (AvgIpc) is 2.93. The molecular weight excluding hydrogens is 300 g/mol. The van der Waals surface area contributed by atoms with Gasteiger partial charge in [-0.2, -0.15) is 0 Å². The fraction of sp³-hybridized carbons (Fsp3) is 0.316. The lowest BCUT2D eigenvalue weighted by molar-refractivity contribution is 0.393. The van der Waals surface area contributed by atoms with Crippen molar-refractivity contribution in [3.8, 4) is 11.1 Å². The molecule has 0 fully saturated rings. The van der Waals surface area contributed by atoms with Crippen LogP contribution in [-0.4, -0.2) is 21.7 Å². The summed E-state index contributed by atoms with van der Waals surface area (Å²) in [4.78, 5) is 11.6. The molecule has 3 aromatic rings. The van der Waals surface area contributed by atoms with Crippen molar-refractivity contribution in [2.75, 3.05) is 11.4 Å². The van der Waals surface area contributed by atoms with Crippen LogP contribution in [-0.2, 0) is 13.0 Å². The number of anilines is 1. The predicted molar refractivity (Wildman–Crippen MR) is 92.9 cm³/mol. The predicted octanol–water partition coefficient (Wildman–Crippen LogP) is 3.62. The zero-order chi connectivity index (χ0) is 16.7. The van der Waals surface area contributed by atoms with Gasteiger partial charge < -0.3 is 9.42 Å². The maximum absolute atomic E-state index is 5.30. The van der Waals surface area contributed by atoms with Gasteiger partial charge in [-0.25, -0.2) is 4.98 Å². The average molecular weight is 320 g/mol. The highest BCUT2D eigenvalue weighted by molar-refractivity contribution is 5.68. The van der Waals surface area contributed by atoms with Gasteiger partial charge in [-0.15, -0.1) is 0 Å². The Balaban J connectivity index is 1.71. The molecule has 0 unspecified atom stereocenters. The zero-order valence-corrected chi connectivity index (χ0v) is 14.2. The van der Waals surface area contributed by atoms with Gasteiger partial charge in [-0.3, -0.25) is 4.98 Å². The summed E-state index contributed by atoms with van der Waals surface area (Å²) in [5, 5.41) is 4.06. The number of nitrogens with zero attached hydrogens (tertiary/aromatic N) is 4. The Bertz CT molecular complexity index is 881. The van der Waals surface area contributed by atoms with Gasteiger partial charge in [0.05, 0.1) is 5.69 Å². The summed E-state index contributed by atoms with van der Waals surface area (Å²) < 4.78 is 5.30. The monoisotopic (exact) mass is 320 g/mol. The molecule has 0 radical (unpaired) electrons. The molecule has 0 N–H and O–H groups in total. The Morgan fingerprint density at radius 1 is 1.17 bits per heavy atom.